The minimum absolute atomic E-state index is 0.100. The van der Waals surface area contributed by atoms with Gasteiger partial charge in [0, 0.05) is 0 Å². The van der Waals surface area contributed by atoms with Crippen LogP contribution in [0.3, 0.4) is 0 Å². The van der Waals surface area contributed by atoms with Gasteiger partial charge in [-0.25, -0.2) is 0 Å². The van der Waals surface area contributed by atoms with Crippen LogP contribution in [0.1, 0.15) is 32.8 Å². The van der Waals surface area contributed by atoms with Crippen LogP contribution in [-0.2, 0) is 6.42 Å². The molecule has 0 unspecified atom stereocenters. The van der Waals surface area contributed by atoms with Crippen LogP contribution >= 0.6 is 0 Å². The third-order valence-electron chi connectivity index (χ3n) is 2.41. The molecule has 0 saturated carbocycles. The highest BCUT2D eigenvalue weighted by molar-refractivity contribution is 5.42. The molecular weight excluding hydrogens is 245 g/mol. The average Bonchev–Trinajstić information content (AvgIpc) is 2.16. The first-order valence-corrected chi connectivity index (χ1v) is 5.64. The van der Waals surface area contributed by atoms with Crippen LogP contribution < -0.4 is 4.74 Å². The number of phenols is 1. The predicted molar refractivity (Wildman–Crippen MR) is 62.6 cm³/mol. The van der Waals surface area contributed by atoms with Crippen molar-refractivity contribution in [2.24, 2.45) is 5.41 Å². The van der Waals surface area contributed by atoms with Gasteiger partial charge in [0.15, 0.2) is 11.5 Å². The van der Waals surface area contributed by atoms with E-state index in [0.717, 1.165) is 6.42 Å². The van der Waals surface area contributed by atoms with Crippen LogP contribution in [0.25, 0.3) is 0 Å². The number of ether oxygens (including phenoxy) is 1. The molecule has 0 spiro atoms. The van der Waals surface area contributed by atoms with E-state index in [-0.39, 0.29) is 5.41 Å². The van der Waals surface area contributed by atoms with Gasteiger partial charge in [-0.05, 0) is 36.0 Å². The van der Waals surface area contributed by atoms with Crippen molar-refractivity contribution in [3.63, 3.8) is 0 Å². The lowest BCUT2D eigenvalue weighted by atomic mass is 9.89. The summed E-state index contributed by atoms with van der Waals surface area (Å²) < 4.78 is 40.0. The molecule has 0 heterocycles. The Balaban J connectivity index is 2.81. The highest BCUT2D eigenvalue weighted by atomic mass is 19.4. The fraction of sp³-hybridized carbons (Fsp3) is 0.538. The molecule has 0 aliphatic heterocycles. The molecule has 0 aliphatic rings. The molecule has 1 rings (SSSR count). The molecule has 18 heavy (non-hydrogen) atoms. The first-order chi connectivity index (χ1) is 8.07. The van der Waals surface area contributed by atoms with Gasteiger partial charge in [0.2, 0.25) is 0 Å². The van der Waals surface area contributed by atoms with E-state index in [0.29, 0.717) is 12.0 Å². The van der Waals surface area contributed by atoms with E-state index in [1.165, 1.54) is 12.1 Å². The maximum absolute atomic E-state index is 12.1. The maximum Gasteiger partial charge on any atom is 0.573 e. The van der Waals surface area contributed by atoms with Crippen LogP contribution in [0.5, 0.6) is 11.5 Å². The average molecular weight is 262 g/mol. The monoisotopic (exact) mass is 262 g/mol. The molecule has 102 valence electrons. The molecule has 1 aromatic carbocycles. The topological polar surface area (TPSA) is 29.5 Å². The molecule has 0 saturated heterocycles. The number of halogens is 3. The zero-order valence-corrected chi connectivity index (χ0v) is 10.6. The first kappa shape index (κ1) is 14.7. The van der Waals surface area contributed by atoms with E-state index in [4.69, 9.17) is 0 Å². The number of hydrogen-bond acceptors (Lipinski definition) is 2. The lowest BCUT2D eigenvalue weighted by molar-refractivity contribution is -0.275. The third-order valence-corrected chi connectivity index (χ3v) is 2.41. The summed E-state index contributed by atoms with van der Waals surface area (Å²) in [5.74, 6) is -1.05. The molecule has 5 heteroatoms. The number of rotatable bonds is 3. The van der Waals surface area contributed by atoms with Gasteiger partial charge in [-0.3, -0.25) is 0 Å². The van der Waals surface area contributed by atoms with Crippen LogP contribution in [0.15, 0.2) is 18.2 Å². The molecule has 0 amide bonds. The van der Waals surface area contributed by atoms with Gasteiger partial charge in [-0.1, -0.05) is 26.8 Å². The zero-order chi connectivity index (χ0) is 14.0. The quantitative estimate of drug-likeness (QED) is 0.881. The Kier molecular flexibility index (Phi) is 4.14. The Morgan fingerprint density at radius 1 is 1.17 bits per heavy atom. The lowest BCUT2D eigenvalue weighted by Gasteiger charge is -2.18. The smallest absolute Gasteiger partial charge is 0.504 e. The van der Waals surface area contributed by atoms with Gasteiger partial charge in [-0.2, -0.15) is 0 Å². The van der Waals surface area contributed by atoms with Crippen molar-refractivity contribution < 1.29 is 23.0 Å². The molecular formula is C13H17F3O2. The third kappa shape index (κ3) is 5.29. The fourth-order valence-corrected chi connectivity index (χ4v) is 1.44. The summed E-state index contributed by atoms with van der Waals surface area (Å²) in [7, 11) is 0. The maximum atomic E-state index is 12.1. The van der Waals surface area contributed by atoms with E-state index in [2.05, 4.69) is 25.5 Å². The van der Waals surface area contributed by atoms with Crippen molar-refractivity contribution in [2.75, 3.05) is 0 Å². The van der Waals surface area contributed by atoms with E-state index >= 15 is 0 Å². The van der Waals surface area contributed by atoms with Gasteiger partial charge >= 0.3 is 6.36 Å². The number of aromatic hydroxyl groups is 1. The molecule has 0 atom stereocenters. The van der Waals surface area contributed by atoms with Crippen molar-refractivity contribution in [3.05, 3.63) is 23.8 Å². The zero-order valence-electron chi connectivity index (χ0n) is 10.6. The highest BCUT2D eigenvalue weighted by Crippen LogP contribution is 2.33. The molecule has 0 fully saturated rings. The fourth-order valence-electron chi connectivity index (χ4n) is 1.44. The normalized spacial score (nSPS) is 12.6. The van der Waals surface area contributed by atoms with Crippen molar-refractivity contribution in [3.8, 4) is 11.5 Å². The van der Waals surface area contributed by atoms with Gasteiger partial charge in [0.05, 0.1) is 0 Å². The Labute approximate surface area is 104 Å². The molecule has 0 bridgehead atoms. The predicted octanol–water partition coefficient (Wildman–Crippen LogP) is 4.27. The number of hydrogen-bond donors (Lipinski definition) is 1. The summed E-state index contributed by atoms with van der Waals surface area (Å²) in [6.45, 7) is 6.17. The number of aryl methyl sites for hydroxylation is 1. The number of benzene rings is 1. The van der Waals surface area contributed by atoms with Gasteiger partial charge in [0.1, 0.15) is 0 Å². The van der Waals surface area contributed by atoms with Crippen LogP contribution in [0.4, 0.5) is 13.2 Å². The lowest BCUT2D eigenvalue weighted by Crippen LogP contribution is -2.17. The van der Waals surface area contributed by atoms with Crippen LogP contribution in [0.2, 0.25) is 0 Å². The summed E-state index contributed by atoms with van der Waals surface area (Å²) in [4.78, 5) is 0. The summed E-state index contributed by atoms with van der Waals surface area (Å²) in [5.41, 5.74) is 0.810. The molecule has 0 aliphatic carbocycles. The number of alkyl halides is 3. The van der Waals surface area contributed by atoms with Crippen molar-refractivity contribution in [1.29, 1.82) is 0 Å². The largest absolute Gasteiger partial charge is 0.573 e. The van der Waals surface area contributed by atoms with E-state index in [1.54, 1.807) is 6.07 Å². The van der Waals surface area contributed by atoms with E-state index in [1.807, 2.05) is 0 Å². The molecule has 0 radical (unpaired) electrons. The Hall–Kier alpha value is -1.39. The molecule has 0 aromatic heterocycles. The minimum Gasteiger partial charge on any atom is -0.504 e. The second kappa shape index (κ2) is 5.08. The van der Waals surface area contributed by atoms with Gasteiger partial charge in [0.25, 0.3) is 0 Å². The minimum atomic E-state index is -4.79. The van der Waals surface area contributed by atoms with Crippen LogP contribution in [-0.4, -0.2) is 11.5 Å². The highest BCUT2D eigenvalue weighted by Gasteiger charge is 2.32. The summed E-state index contributed by atoms with van der Waals surface area (Å²) in [6.07, 6.45) is -3.32. The first-order valence-electron chi connectivity index (χ1n) is 5.64. The van der Waals surface area contributed by atoms with E-state index in [9.17, 15) is 18.3 Å². The molecule has 1 aromatic rings. The second-order valence-electron chi connectivity index (χ2n) is 5.41. The Bertz CT molecular complexity index is 406. The standard InChI is InChI=1S/C13H17F3O2/c1-12(2,3)7-6-9-4-5-10(17)11(8-9)18-13(14,15)16/h4-5,8,17H,6-7H2,1-3H3. The van der Waals surface area contributed by atoms with Crippen LogP contribution in [0, 0.1) is 5.41 Å². The van der Waals surface area contributed by atoms with Gasteiger partial charge in [-0.15, -0.1) is 13.2 Å². The van der Waals surface area contributed by atoms with Gasteiger partial charge < -0.3 is 9.84 Å². The summed E-state index contributed by atoms with van der Waals surface area (Å²) >= 11 is 0. The molecule has 1 N–H and O–H groups in total. The van der Waals surface area contributed by atoms with Crippen molar-refractivity contribution in [1.82, 2.24) is 0 Å². The SMILES string of the molecule is CC(C)(C)CCc1ccc(O)c(OC(F)(F)F)c1. The van der Waals surface area contributed by atoms with E-state index < -0.39 is 17.9 Å². The van der Waals surface area contributed by atoms with Crippen molar-refractivity contribution >= 4 is 0 Å². The molecule has 2 nitrogen and oxygen atoms in total. The number of phenolic OH excluding ortho intramolecular Hbond substituents is 1. The Morgan fingerprint density at radius 2 is 1.78 bits per heavy atom. The van der Waals surface area contributed by atoms with Crippen molar-refractivity contribution in [2.45, 2.75) is 40.0 Å². The summed E-state index contributed by atoms with van der Waals surface area (Å²) in [5, 5.41) is 9.30. The second-order valence-corrected chi connectivity index (χ2v) is 5.41. The summed E-state index contributed by atoms with van der Waals surface area (Å²) in [6, 6.07) is 4.05. The Morgan fingerprint density at radius 3 is 2.28 bits per heavy atom.